The fourth-order valence-electron chi connectivity index (χ4n) is 6.51. The number of carbonyl (C=O) groups is 4. The van der Waals surface area contributed by atoms with Crippen LogP contribution < -0.4 is 20.1 Å². The average Bonchev–Trinajstić information content (AvgIpc) is 3.92. The molecule has 15 heteroatoms. The standard InChI is InChI=1S/C36H45N5O9S/c1-8-20-18-36(20,32(44)40-51(46,47)22-13-14-22)39-29(42)26-17-21(49-30-24-12-10-9-11-23(24)27-25(37-30)15-16-48-27)19-41(26)31(43)28(34(2,3)4)38-33(45)50-35(5,6)7/h8-12,15-16,20-22,26,28H,1,13-14,17-19H2,2-7H3,(H,38,45)(H,39,42)(H,40,44)/t20?,21-,26+,28-,36-/m1/s1. The Bertz CT molecular complexity index is 2010. The minimum absolute atomic E-state index is 0.0110. The number of benzene rings is 1. The number of pyridine rings is 1. The molecule has 6 rings (SSSR count). The van der Waals surface area contributed by atoms with Gasteiger partial charge < -0.3 is 29.4 Å². The lowest BCUT2D eigenvalue weighted by Gasteiger charge is -2.36. The highest BCUT2D eigenvalue weighted by Crippen LogP contribution is 2.45. The van der Waals surface area contributed by atoms with Gasteiger partial charge in [0.1, 0.15) is 34.8 Å². The molecule has 2 saturated carbocycles. The molecule has 274 valence electrons. The molecule has 3 aromatic rings. The van der Waals surface area contributed by atoms with Crippen molar-refractivity contribution in [1.82, 2.24) is 25.2 Å². The van der Waals surface area contributed by atoms with Crippen LogP contribution in [-0.2, 0) is 29.1 Å². The summed E-state index contributed by atoms with van der Waals surface area (Å²) < 4.78 is 45.1. The summed E-state index contributed by atoms with van der Waals surface area (Å²) in [6.07, 6.45) is 2.56. The van der Waals surface area contributed by atoms with Gasteiger partial charge in [0.15, 0.2) is 5.58 Å². The van der Waals surface area contributed by atoms with Crippen molar-refractivity contribution >= 4 is 55.7 Å². The van der Waals surface area contributed by atoms with Gasteiger partial charge in [-0.2, -0.15) is 0 Å². The van der Waals surface area contributed by atoms with E-state index in [1.54, 1.807) is 47.6 Å². The van der Waals surface area contributed by atoms with Crippen LogP contribution in [0.3, 0.4) is 0 Å². The van der Waals surface area contributed by atoms with Gasteiger partial charge in [0.2, 0.25) is 27.7 Å². The van der Waals surface area contributed by atoms with Crippen LogP contribution in [-0.4, -0.2) is 83.2 Å². The van der Waals surface area contributed by atoms with Gasteiger partial charge in [-0.05, 0) is 51.5 Å². The summed E-state index contributed by atoms with van der Waals surface area (Å²) in [6.45, 7) is 14.2. The molecule has 2 aliphatic carbocycles. The first-order valence-corrected chi connectivity index (χ1v) is 18.6. The van der Waals surface area contributed by atoms with Crippen molar-refractivity contribution in [2.45, 2.75) is 102 Å². The predicted molar refractivity (Wildman–Crippen MR) is 188 cm³/mol. The SMILES string of the molecule is C=CC1C[C@]1(NC(=O)[C@@H]1C[C@@H](Oc2nc3ccoc3c3ccccc23)CN1C(=O)[C@@H](NC(=O)OC(C)(C)C)C(C)(C)C)C(=O)NS(=O)(=O)C1CC1. The zero-order valence-electron chi connectivity index (χ0n) is 29.6. The monoisotopic (exact) mass is 723 g/mol. The van der Waals surface area contributed by atoms with Crippen LogP contribution in [0.25, 0.3) is 21.9 Å². The van der Waals surface area contributed by atoms with Crippen LogP contribution in [0.2, 0.25) is 0 Å². The van der Waals surface area contributed by atoms with Crippen molar-refractivity contribution in [2.24, 2.45) is 11.3 Å². The van der Waals surface area contributed by atoms with Crippen molar-refractivity contribution < 1.29 is 41.5 Å². The predicted octanol–water partition coefficient (Wildman–Crippen LogP) is 3.94. The summed E-state index contributed by atoms with van der Waals surface area (Å²) in [5.74, 6) is -2.33. The van der Waals surface area contributed by atoms with Crippen LogP contribution in [0.5, 0.6) is 5.88 Å². The molecule has 1 saturated heterocycles. The van der Waals surface area contributed by atoms with E-state index in [1.807, 2.05) is 24.3 Å². The van der Waals surface area contributed by atoms with E-state index < -0.39 is 79.7 Å². The number of furan rings is 1. The van der Waals surface area contributed by atoms with Gasteiger partial charge in [-0.1, -0.05) is 45.0 Å². The maximum Gasteiger partial charge on any atom is 0.408 e. The molecule has 1 aromatic carbocycles. The summed E-state index contributed by atoms with van der Waals surface area (Å²) in [6, 6.07) is 6.85. The maximum absolute atomic E-state index is 14.5. The fourth-order valence-corrected chi connectivity index (χ4v) is 7.87. The van der Waals surface area contributed by atoms with Gasteiger partial charge in [0, 0.05) is 29.2 Å². The van der Waals surface area contributed by atoms with Gasteiger partial charge in [-0.15, -0.1) is 6.58 Å². The van der Waals surface area contributed by atoms with Gasteiger partial charge >= 0.3 is 6.09 Å². The van der Waals surface area contributed by atoms with Crippen molar-refractivity contribution in [1.29, 1.82) is 0 Å². The lowest BCUT2D eigenvalue weighted by molar-refractivity contribution is -0.143. The molecule has 1 unspecified atom stereocenters. The van der Waals surface area contributed by atoms with E-state index in [1.165, 1.54) is 17.2 Å². The summed E-state index contributed by atoms with van der Waals surface area (Å²) >= 11 is 0. The topological polar surface area (TPSA) is 186 Å². The fraction of sp³-hybridized carbons (Fsp3) is 0.528. The third-order valence-corrected chi connectivity index (χ3v) is 11.2. The lowest BCUT2D eigenvalue weighted by Crippen LogP contribution is -2.60. The van der Waals surface area contributed by atoms with E-state index >= 15 is 0 Å². The molecule has 0 bridgehead atoms. The third-order valence-electron chi connectivity index (χ3n) is 9.42. The van der Waals surface area contributed by atoms with Crippen molar-refractivity contribution in [3.05, 3.63) is 49.2 Å². The normalized spacial score (nSPS) is 24.1. The number of carbonyl (C=O) groups excluding carboxylic acids is 4. The van der Waals surface area contributed by atoms with Crippen LogP contribution in [0.15, 0.2) is 53.7 Å². The first kappa shape index (κ1) is 36.1. The van der Waals surface area contributed by atoms with Crippen LogP contribution in [0.4, 0.5) is 4.79 Å². The number of amides is 4. The number of rotatable bonds is 10. The molecule has 14 nitrogen and oxygen atoms in total. The number of aromatic nitrogens is 1. The molecule has 3 heterocycles. The van der Waals surface area contributed by atoms with Crippen molar-refractivity contribution in [3.8, 4) is 5.88 Å². The number of nitrogens with one attached hydrogen (secondary N) is 3. The van der Waals surface area contributed by atoms with Crippen molar-refractivity contribution in [2.75, 3.05) is 6.54 Å². The van der Waals surface area contributed by atoms with Gasteiger partial charge in [-0.25, -0.2) is 18.2 Å². The molecular formula is C36H45N5O9S. The van der Waals surface area contributed by atoms with E-state index in [0.717, 1.165) is 5.39 Å². The first-order chi connectivity index (χ1) is 23.8. The molecule has 5 atom stereocenters. The lowest BCUT2D eigenvalue weighted by atomic mass is 9.85. The summed E-state index contributed by atoms with van der Waals surface area (Å²) in [7, 11) is -3.90. The van der Waals surface area contributed by atoms with Gasteiger partial charge in [0.05, 0.1) is 18.1 Å². The quantitative estimate of drug-likeness (QED) is 0.259. The molecule has 0 radical (unpaired) electrons. The van der Waals surface area contributed by atoms with Gasteiger partial charge in [-0.3, -0.25) is 19.1 Å². The van der Waals surface area contributed by atoms with E-state index in [9.17, 15) is 27.6 Å². The molecule has 3 fully saturated rings. The highest BCUT2D eigenvalue weighted by Gasteiger charge is 2.62. The van der Waals surface area contributed by atoms with E-state index in [-0.39, 0.29) is 25.3 Å². The Hall–Kier alpha value is -4.66. The number of hydrogen-bond acceptors (Lipinski definition) is 10. The number of ether oxygens (including phenoxy) is 2. The Labute approximate surface area is 296 Å². The van der Waals surface area contributed by atoms with Gasteiger partial charge in [0.25, 0.3) is 5.91 Å². The molecule has 1 aliphatic heterocycles. The molecule has 4 amide bonds. The van der Waals surface area contributed by atoms with E-state index in [0.29, 0.717) is 29.3 Å². The Morgan fingerprint density at radius 3 is 2.37 bits per heavy atom. The van der Waals surface area contributed by atoms with Crippen LogP contribution in [0, 0.1) is 11.3 Å². The molecular weight excluding hydrogens is 678 g/mol. The van der Waals surface area contributed by atoms with Crippen LogP contribution >= 0.6 is 0 Å². The Kier molecular flexibility index (Phi) is 9.10. The second kappa shape index (κ2) is 12.8. The van der Waals surface area contributed by atoms with Crippen LogP contribution in [0.1, 0.15) is 67.2 Å². The minimum atomic E-state index is -3.90. The highest BCUT2D eigenvalue weighted by atomic mass is 32.2. The number of fused-ring (bicyclic) bond motifs is 3. The number of nitrogens with zero attached hydrogens (tertiary/aromatic N) is 2. The number of sulfonamides is 1. The molecule has 0 spiro atoms. The van der Waals surface area contributed by atoms with E-state index in [2.05, 4.69) is 26.9 Å². The largest absolute Gasteiger partial charge is 0.472 e. The summed E-state index contributed by atoms with van der Waals surface area (Å²) in [5.41, 5.74) is -2.05. The van der Waals surface area contributed by atoms with Crippen molar-refractivity contribution in [3.63, 3.8) is 0 Å². The third kappa shape index (κ3) is 7.39. The smallest absolute Gasteiger partial charge is 0.408 e. The Morgan fingerprint density at radius 2 is 1.76 bits per heavy atom. The second-order valence-corrected chi connectivity index (χ2v) is 17.7. The average molecular weight is 724 g/mol. The molecule has 51 heavy (non-hydrogen) atoms. The zero-order chi connectivity index (χ0) is 37.1. The molecule has 2 aromatic heterocycles. The number of likely N-dealkylation sites (tertiary alicyclic amines) is 1. The maximum atomic E-state index is 14.5. The Balaban J connectivity index is 1.31. The second-order valence-electron chi connectivity index (χ2n) is 15.7. The minimum Gasteiger partial charge on any atom is -0.472 e. The molecule has 3 aliphatic rings. The summed E-state index contributed by atoms with van der Waals surface area (Å²) in [5, 5.41) is 6.29. The number of alkyl carbamates (subject to hydrolysis) is 1. The highest BCUT2D eigenvalue weighted by molar-refractivity contribution is 7.91. The Morgan fingerprint density at radius 1 is 1.08 bits per heavy atom. The summed E-state index contributed by atoms with van der Waals surface area (Å²) in [4.78, 5) is 61.2. The number of hydrogen-bond donors (Lipinski definition) is 3. The zero-order valence-corrected chi connectivity index (χ0v) is 30.5. The molecule has 3 N–H and O–H groups in total. The first-order valence-electron chi connectivity index (χ1n) is 17.1. The van der Waals surface area contributed by atoms with E-state index in [4.69, 9.17) is 13.9 Å².